The van der Waals surface area contributed by atoms with Gasteiger partial charge in [0.05, 0.1) is 6.54 Å². The summed E-state index contributed by atoms with van der Waals surface area (Å²) in [6.07, 6.45) is 5.06. The second-order valence-corrected chi connectivity index (χ2v) is 8.36. The van der Waals surface area contributed by atoms with Crippen molar-refractivity contribution in [3.63, 3.8) is 0 Å². The number of anilines is 4. The van der Waals surface area contributed by atoms with Crippen molar-refractivity contribution >= 4 is 28.7 Å². The number of rotatable bonds is 6. The first-order valence-electron chi connectivity index (χ1n) is 10.9. The minimum atomic E-state index is -0.0341. The van der Waals surface area contributed by atoms with Crippen LogP contribution in [0.25, 0.3) is 0 Å². The second kappa shape index (κ2) is 9.21. The van der Waals surface area contributed by atoms with Crippen LogP contribution in [0.2, 0.25) is 0 Å². The maximum absolute atomic E-state index is 12.3. The molecule has 2 aliphatic heterocycles. The van der Waals surface area contributed by atoms with E-state index >= 15 is 0 Å². The van der Waals surface area contributed by atoms with E-state index in [1.54, 1.807) is 0 Å². The highest BCUT2D eigenvalue weighted by atomic mass is 16.1. The molecule has 2 aromatic rings. The van der Waals surface area contributed by atoms with Gasteiger partial charge in [0.2, 0.25) is 5.91 Å². The van der Waals surface area contributed by atoms with E-state index in [-0.39, 0.29) is 12.5 Å². The molecule has 0 radical (unpaired) electrons. The predicted molar refractivity (Wildman–Crippen MR) is 122 cm³/mol. The second-order valence-electron chi connectivity index (χ2n) is 8.36. The summed E-state index contributed by atoms with van der Waals surface area (Å²) in [5, 5.41) is 6.19. The molecule has 154 valence electrons. The Morgan fingerprint density at radius 3 is 1.93 bits per heavy atom. The molecule has 0 unspecified atom stereocenters. The molecular formula is C24H32N4O. The number of hydrogen-bond donors (Lipinski definition) is 2. The summed E-state index contributed by atoms with van der Waals surface area (Å²) < 4.78 is 0. The van der Waals surface area contributed by atoms with Gasteiger partial charge in [-0.25, -0.2) is 0 Å². The quantitative estimate of drug-likeness (QED) is 0.756. The molecule has 0 spiro atoms. The number of carbonyl (C=O) groups is 1. The van der Waals surface area contributed by atoms with Crippen molar-refractivity contribution in [3.8, 4) is 0 Å². The van der Waals surface area contributed by atoms with Gasteiger partial charge in [-0.2, -0.15) is 0 Å². The molecule has 2 aliphatic rings. The molecule has 2 aromatic carbocycles. The van der Waals surface area contributed by atoms with Crippen LogP contribution in [0.15, 0.2) is 48.5 Å². The van der Waals surface area contributed by atoms with Gasteiger partial charge in [0.25, 0.3) is 0 Å². The van der Waals surface area contributed by atoms with E-state index in [2.05, 4.69) is 63.8 Å². The Morgan fingerprint density at radius 1 is 0.828 bits per heavy atom. The van der Waals surface area contributed by atoms with E-state index in [4.69, 9.17) is 0 Å². The van der Waals surface area contributed by atoms with Crippen molar-refractivity contribution in [1.29, 1.82) is 0 Å². The molecule has 0 bridgehead atoms. The molecule has 0 atom stereocenters. The number of nitrogens with one attached hydrogen (secondary N) is 2. The smallest absolute Gasteiger partial charge is 0.243 e. The van der Waals surface area contributed by atoms with E-state index in [0.717, 1.165) is 43.5 Å². The van der Waals surface area contributed by atoms with Gasteiger partial charge in [-0.05, 0) is 80.1 Å². The maximum Gasteiger partial charge on any atom is 0.243 e. The maximum atomic E-state index is 12.3. The van der Waals surface area contributed by atoms with E-state index in [1.165, 1.54) is 37.1 Å². The fourth-order valence-electron chi connectivity index (χ4n) is 4.18. The summed E-state index contributed by atoms with van der Waals surface area (Å²) in [7, 11) is 0. The summed E-state index contributed by atoms with van der Waals surface area (Å²) in [6.45, 7) is 7.11. The summed E-state index contributed by atoms with van der Waals surface area (Å²) in [5.41, 5.74) is 4.32. The first-order chi connectivity index (χ1) is 14.2. The normalized spacial score (nSPS) is 17.4. The molecule has 2 fully saturated rings. The average molecular weight is 393 g/mol. The van der Waals surface area contributed by atoms with Gasteiger partial charge < -0.3 is 20.4 Å². The summed E-state index contributed by atoms with van der Waals surface area (Å²) in [6, 6.07) is 16.6. The van der Waals surface area contributed by atoms with Gasteiger partial charge in [0.15, 0.2) is 0 Å². The lowest BCUT2D eigenvalue weighted by Crippen LogP contribution is -2.32. The molecule has 1 amide bonds. The monoisotopic (exact) mass is 392 g/mol. The van der Waals surface area contributed by atoms with Crippen LogP contribution in [0, 0.1) is 5.92 Å². The van der Waals surface area contributed by atoms with E-state index in [0.29, 0.717) is 0 Å². The Hall–Kier alpha value is -2.69. The molecule has 4 rings (SSSR count). The van der Waals surface area contributed by atoms with Crippen molar-refractivity contribution < 1.29 is 4.79 Å². The van der Waals surface area contributed by atoms with Crippen LogP contribution in [-0.4, -0.2) is 38.6 Å². The first kappa shape index (κ1) is 19.6. The van der Waals surface area contributed by atoms with Crippen LogP contribution in [0.1, 0.15) is 32.6 Å². The fraction of sp³-hybridized carbons (Fsp3) is 0.458. The average Bonchev–Trinajstić information content (AvgIpc) is 3.29. The molecule has 2 N–H and O–H groups in total. The largest absolute Gasteiger partial charge is 0.376 e. The minimum absolute atomic E-state index is 0.0341. The van der Waals surface area contributed by atoms with E-state index < -0.39 is 0 Å². The Labute approximate surface area is 174 Å². The van der Waals surface area contributed by atoms with Gasteiger partial charge in [-0.1, -0.05) is 6.92 Å². The van der Waals surface area contributed by atoms with Gasteiger partial charge >= 0.3 is 0 Å². The summed E-state index contributed by atoms with van der Waals surface area (Å²) in [4.78, 5) is 17.1. The zero-order valence-electron chi connectivity index (χ0n) is 17.4. The SMILES string of the molecule is CC1CCN(c2ccc(NC(=O)CNc3ccc(N4CCCC4)cc3)cc2)CC1. The Bertz CT molecular complexity index is 789. The topological polar surface area (TPSA) is 47.6 Å². The highest BCUT2D eigenvalue weighted by Crippen LogP contribution is 2.24. The zero-order chi connectivity index (χ0) is 20.1. The third-order valence-corrected chi connectivity index (χ3v) is 6.09. The molecular weight excluding hydrogens is 360 g/mol. The first-order valence-corrected chi connectivity index (χ1v) is 10.9. The van der Waals surface area contributed by atoms with Crippen molar-refractivity contribution in [2.45, 2.75) is 32.6 Å². The Kier molecular flexibility index (Phi) is 6.23. The molecule has 29 heavy (non-hydrogen) atoms. The van der Waals surface area contributed by atoms with Gasteiger partial charge in [0.1, 0.15) is 0 Å². The Morgan fingerprint density at radius 2 is 1.34 bits per heavy atom. The molecule has 5 heteroatoms. The summed E-state index contributed by atoms with van der Waals surface area (Å²) >= 11 is 0. The lowest BCUT2D eigenvalue weighted by Gasteiger charge is -2.32. The lowest BCUT2D eigenvalue weighted by atomic mass is 9.99. The van der Waals surface area contributed by atoms with Crippen LogP contribution in [0.3, 0.4) is 0 Å². The van der Waals surface area contributed by atoms with Crippen LogP contribution >= 0.6 is 0 Å². The van der Waals surface area contributed by atoms with Crippen LogP contribution in [0.4, 0.5) is 22.7 Å². The van der Waals surface area contributed by atoms with Gasteiger partial charge in [-0.15, -0.1) is 0 Å². The molecule has 0 saturated carbocycles. The number of amides is 1. The minimum Gasteiger partial charge on any atom is -0.376 e. The van der Waals surface area contributed by atoms with Gasteiger partial charge in [-0.3, -0.25) is 4.79 Å². The third kappa shape index (κ3) is 5.22. The van der Waals surface area contributed by atoms with Crippen molar-refractivity contribution in [2.75, 3.05) is 53.2 Å². The molecule has 0 aliphatic carbocycles. The molecule has 2 heterocycles. The lowest BCUT2D eigenvalue weighted by molar-refractivity contribution is -0.114. The van der Waals surface area contributed by atoms with Crippen LogP contribution in [-0.2, 0) is 4.79 Å². The highest BCUT2D eigenvalue weighted by molar-refractivity contribution is 5.93. The molecule has 5 nitrogen and oxygen atoms in total. The van der Waals surface area contributed by atoms with Crippen molar-refractivity contribution in [2.24, 2.45) is 5.92 Å². The van der Waals surface area contributed by atoms with E-state index in [9.17, 15) is 4.79 Å². The number of carbonyl (C=O) groups excluding carboxylic acids is 1. The Balaban J connectivity index is 1.24. The van der Waals surface area contributed by atoms with Crippen LogP contribution < -0.4 is 20.4 Å². The number of benzene rings is 2. The molecule has 2 saturated heterocycles. The zero-order valence-corrected chi connectivity index (χ0v) is 17.4. The highest BCUT2D eigenvalue weighted by Gasteiger charge is 2.16. The number of piperidine rings is 1. The van der Waals surface area contributed by atoms with Crippen molar-refractivity contribution in [3.05, 3.63) is 48.5 Å². The fourth-order valence-corrected chi connectivity index (χ4v) is 4.18. The number of nitrogens with zero attached hydrogens (tertiary/aromatic N) is 2. The van der Waals surface area contributed by atoms with E-state index in [1.807, 2.05) is 12.1 Å². The number of hydrogen-bond acceptors (Lipinski definition) is 4. The summed E-state index contributed by atoms with van der Waals surface area (Å²) in [5.74, 6) is 0.793. The van der Waals surface area contributed by atoms with Crippen LogP contribution in [0.5, 0.6) is 0 Å². The third-order valence-electron chi connectivity index (χ3n) is 6.09. The van der Waals surface area contributed by atoms with Gasteiger partial charge in [0, 0.05) is 48.9 Å². The predicted octanol–water partition coefficient (Wildman–Crippen LogP) is 4.57. The van der Waals surface area contributed by atoms with Crippen molar-refractivity contribution in [1.82, 2.24) is 0 Å². The standard InChI is InChI=1S/C24H32N4O/c1-19-12-16-28(17-13-19)23-10-6-21(7-11-23)26-24(29)18-25-20-4-8-22(9-5-20)27-14-2-3-15-27/h4-11,19,25H,2-3,12-18H2,1H3,(H,26,29). The molecule has 0 aromatic heterocycles.